The Morgan fingerprint density at radius 1 is 1.00 bits per heavy atom. The van der Waals surface area contributed by atoms with Crippen LogP contribution in [0.4, 0.5) is 17.1 Å². The van der Waals surface area contributed by atoms with Crippen molar-refractivity contribution in [3.05, 3.63) is 53.6 Å². The molecule has 0 atom stereocenters. The monoisotopic (exact) mass is 343 g/mol. The van der Waals surface area contributed by atoms with Crippen LogP contribution < -0.4 is 15.5 Å². The zero-order valence-corrected chi connectivity index (χ0v) is 14.4. The molecule has 126 valence electrons. The average molecular weight is 344 g/mol. The van der Waals surface area contributed by atoms with E-state index in [1.165, 1.54) is 24.9 Å². The number of halogens is 1. The van der Waals surface area contributed by atoms with Gasteiger partial charge in [-0.3, -0.25) is 4.79 Å². The minimum absolute atomic E-state index is 0.0966. The molecular weight excluding hydrogens is 322 g/mol. The quantitative estimate of drug-likeness (QED) is 0.846. The molecule has 1 aliphatic rings. The zero-order chi connectivity index (χ0) is 16.8. The molecule has 2 aromatic carbocycles. The molecule has 0 aromatic heterocycles. The molecule has 1 saturated heterocycles. The molecule has 1 fully saturated rings. The molecule has 0 bridgehead atoms. The van der Waals surface area contributed by atoms with Gasteiger partial charge in [0.25, 0.3) is 0 Å². The third kappa shape index (κ3) is 4.42. The number of rotatable bonds is 5. The lowest BCUT2D eigenvalue weighted by molar-refractivity contribution is -0.114. The molecule has 0 saturated carbocycles. The standard InChI is InChI=1S/C19H22ClN3O/c20-17-6-2-3-7-18(17)21-14-19(24)22-15-8-10-16(11-9-15)23-12-4-1-5-13-23/h2-3,6-11,21H,1,4-5,12-14H2,(H,22,24). The molecule has 2 aromatic rings. The van der Waals surface area contributed by atoms with Crippen molar-refractivity contribution in [1.82, 2.24) is 0 Å². The number of carbonyl (C=O) groups is 1. The molecule has 2 N–H and O–H groups in total. The summed E-state index contributed by atoms with van der Waals surface area (Å²) in [7, 11) is 0. The topological polar surface area (TPSA) is 44.4 Å². The van der Waals surface area contributed by atoms with Crippen LogP contribution in [0.2, 0.25) is 5.02 Å². The first kappa shape index (κ1) is 16.7. The van der Waals surface area contributed by atoms with Gasteiger partial charge in [-0.05, 0) is 55.7 Å². The summed E-state index contributed by atoms with van der Waals surface area (Å²) in [4.78, 5) is 14.5. The predicted molar refractivity (Wildman–Crippen MR) is 101 cm³/mol. The van der Waals surface area contributed by atoms with Crippen molar-refractivity contribution in [2.24, 2.45) is 0 Å². The van der Waals surface area contributed by atoms with Gasteiger partial charge < -0.3 is 15.5 Å². The zero-order valence-electron chi connectivity index (χ0n) is 13.6. The van der Waals surface area contributed by atoms with Crippen LogP contribution in [-0.2, 0) is 4.79 Å². The number of amides is 1. The number of hydrogen-bond donors (Lipinski definition) is 2. The van der Waals surface area contributed by atoms with E-state index < -0.39 is 0 Å². The first-order valence-corrected chi connectivity index (χ1v) is 8.73. The highest BCUT2D eigenvalue weighted by Crippen LogP contribution is 2.22. The third-order valence-corrected chi connectivity index (χ3v) is 4.52. The molecule has 5 heteroatoms. The minimum atomic E-state index is -0.0966. The maximum atomic E-state index is 12.1. The molecule has 4 nitrogen and oxygen atoms in total. The highest BCUT2D eigenvalue weighted by atomic mass is 35.5. The molecule has 1 amide bonds. The fourth-order valence-electron chi connectivity index (χ4n) is 2.89. The Labute approximate surface area is 147 Å². The fraction of sp³-hybridized carbons (Fsp3) is 0.316. The van der Waals surface area contributed by atoms with Crippen LogP contribution in [0.1, 0.15) is 19.3 Å². The van der Waals surface area contributed by atoms with Gasteiger partial charge in [-0.2, -0.15) is 0 Å². The third-order valence-electron chi connectivity index (χ3n) is 4.19. The number of nitrogens with zero attached hydrogens (tertiary/aromatic N) is 1. The number of nitrogens with one attached hydrogen (secondary N) is 2. The summed E-state index contributed by atoms with van der Waals surface area (Å²) in [6.07, 6.45) is 3.83. The van der Waals surface area contributed by atoms with Crippen molar-refractivity contribution in [1.29, 1.82) is 0 Å². The predicted octanol–water partition coefficient (Wildman–Crippen LogP) is 4.38. The van der Waals surface area contributed by atoms with Crippen molar-refractivity contribution < 1.29 is 4.79 Å². The van der Waals surface area contributed by atoms with E-state index in [0.29, 0.717) is 5.02 Å². The van der Waals surface area contributed by atoms with Gasteiger partial charge in [0.05, 0.1) is 17.3 Å². The second-order valence-corrected chi connectivity index (χ2v) is 6.38. The van der Waals surface area contributed by atoms with E-state index in [9.17, 15) is 4.79 Å². The average Bonchev–Trinajstić information content (AvgIpc) is 2.62. The highest BCUT2D eigenvalue weighted by Gasteiger charge is 2.11. The second-order valence-electron chi connectivity index (χ2n) is 5.98. The Balaban J connectivity index is 1.52. The molecule has 24 heavy (non-hydrogen) atoms. The molecular formula is C19H22ClN3O. The summed E-state index contributed by atoms with van der Waals surface area (Å²) in [6, 6.07) is 15.4. The van der Waals surface area contributed by atoms with Crippen LogP contribution >= 0.6 is 11.6 Å². The van der Waals surface area contributed by atoms with Crippen molar-refractivity contribution in [2.45, 2.75) is 19.3 Å². The summed E-state index contributed by atoms with van der Waals surface area (Å²) in [6.45, 7) is 2.42. The van der Waals surface area contributed by atoms with Gasteiger partial charge in [-0.1, -0.05) is 23.7 Å². The Hall–Kier alpha value is -2.20. The Morgan fingerprint density at radius 2 is 1.71 bits per heavy atom. The summed E-state index contributed by atoms with van der Waals surface area (Å²) in [5, 5.41) is 6.55. The lowest BCUT2D eigenvalue weighted by atomic mass is 10.1. The highest BCUT2D eigenvalue weighted by molar-refractivity contribution is 6.33. The number of anilines is 3. The molecule has 0 spiro atoms. The summed E-state index contributed by atoms with van der Waals surface area (Å²) < 4.78 is 0. The molecule has 1 heterocycles. The number of benzene rings is 2. The maximum absolute atomic E-state index is 12.1. The lowest BCUT2D eigenvalue weighted by Crippen LogP contribution is -2.29. The summed E-state index contributed by atoms with van der Waals surface area (Å²) in [5.74, 6) is -0.0966. The van der Waals surface area contributed by atoms with Crippen LogP contribution in [0.15, 0.2) is 48.5 Å². The van der Waals surface area contributed by atoms with Gasteiger partial charge in [0.15, 0.2) is 0 Å². The van der Waals surface area contributed by atoms with Crippen LogP contribution in [-0.4, -0.2) is 25.5 Å². The number of hydrogen-bond acceptors (Lipinski definition) is 3. The van der Waals surface area contributed by atoms with E-state index in [1.54, 1.807) is 6.07 Å². The van der Waals surface area contributed by atoms with E-state index >= 15 is 0 Å². The largest absolute Gasteiger partial charge is 0.375 e. The lowest BCUT2D eigenvalue weighted by Gasteiger charge is -2.28. The van der Waals surface area contributed by atoms with Gasteiger partial charge in [0.2, 0.25) is 5.91 Å². The van der Waals surface area contributed by atoms with Gasteiger partial charge in [-0.25, -0.2) is 0 Å². The van der Waals surface area contributed by atoms with Gasteiger partial charge in [0, 0.05) is 24.5 Å². The van der Waals surface area contributed by atoms with Crippen molar-refractivity contribution >= 4 is 34.6 Å². The van der Waals surface area contributed by atoms with Gasteiger partial charge in [0.1, 0.15) is 0 Å². The molecule has 3 rings (SSSR count). The molecule has 0 unspecified atom stereocenters. The smallest absolute Gasteiger partial charge is 0.243 e. The second kappa shape index (κ2) is 8.06. The van der Waals surface area contributed by atoms with Gasteiger partial charge in [-0.15, -0.1) is 0 Å². The van der Waals surface area contributed by atoms with Gasteiger partial charge >= 0.3 is 0 Å². The number of piperidine rings is 1. The van der Waals surface area contributed by atoms with E-state index in [0.717, 1.165) is 24.5 Å². The minimum Gasteiger partial charge on any atom is -0.375 e. The van der Waals surface area contributed by atoms with Crippen LogP contribution in [0.3, 0.4) is 0 Å². The van der Waals surface area contributed by atoms with E-state index in [-0.39, 0.29) is 12.5 Å². The maximum Gasteiger partial charge on any atom is 0.243 e. The van der Waals surface area contributed by atoms with Crippen molar-refractivity contribution in [2.75, 3.05) is 35.2 Å². The summed E-state index contributed by atoms with van der Waals surface area (Å²) >= 11 is 6.06. The van der Waals surface area contributed by atoms with E-state index in [1.807, 2.05) is 30.3 Å². The molecule has 0 aliphatic carbocycles. The number of carbonyl (C=O) groups excluding carboxylic acids is 1. The van der Waals surface area contributed by atoms with Crippen LogP contribution in [0, 0.1) is 0 Å². The fourth-order valence-corrected chi connectivity index (χ4v) is 3.10. The molecule has 0 radical (unpaired) electrons. The summed E-state index contributed by atoms with van der Waals surface area (Å²) in [5.41, 5.74) is 2.79. The first-order chi connectivity index (χ1) is 11.7. The molecule has 1 aliphatic heterocycles. The van der Waals surface area contributed by atoms with E-state index in [4.69, 9.17) is 11.6 Å². The normalized spacial score (nSPS) is 14.3. The number of para-hydroxylation sites is 1. The first-order valence-electron chi connectivity index (χ1n) is 8.35. The van der Waals surface area contributed by atoms with Crippen LogP contribution in [0.5, 0.6) is 0 Å². The Bertz CT molecular complexity index is 681. The van der Waals surface area contributed by atoms with Crippen LogP contribution in [0.25, 0.3) is 0 Å². The SMILES string of the molecule is O=C(CNc1ccccc1Cl)Nc1ccc(N2CCCCC2)cc1. The Kier molecular flexibility index (Phi) is 5.59. The van der Waals surface area contributed by atoms with Crippen molar-refractivity contribution in [3.8, 4) is 0 Å². The van der Waals surface area contributed by atoms with E-state index in [2.05, 4.69) is 27.7 Å². The van der Waals surface area contributed by atoms with Crippen molar-refractivity contribution in [3.63, 3.8) is 0 Å². The Morgan fingerprint density at radius 3 is 2.42 bits per heavy atom.